The van der Waals surface area contributed by atoms with Crippen LogP contribution in [0.3, 0.4) is 0 Å². The number of carbonyl (C=O) groups excluding carboxylic acids is 1. The molecule has 106 valence electrons. The predicted molar refractivity (Wildman–Crippen MR) is 73.8 cm³/mol. The molecule has 1 saturated heterocycles. The molecule has 1 amide bonds. The highest BCUT2D eigenvalue weighted by Crippen LogP contribution is 2.23. The summed E-state index contributed by atoms with van der Waals surface area (Å²) in [6, 6.07) is 0.255. The van der Waals surface area contributed by atoms with Crippen molar-refractivity contribution in [2.75, 3.05) is 13.1 Å². The van der Waals surface area contributed by atoms with Gasteiger partial charge in [-0.2, -0.15) is 9.90 Å². The van der Waals surface area contributed by atoms with E-state index in [0.29, 0.717) is 13.1 Å². The lowest BCUT2D eigenvalue weighted by Crippen LogP contribution is -2.42. The van der Waals surface area contributed by atoms with E-state index in [1.54, 1.807) is 15.9 Å². The zero-order valence-electron chi connectivity index (χ0n) is 11.5. The number of amides is 1. The zero-order valence-corrected chi connectivity index (χ0v) is 13.1. The number of ether oxygens (including phenoxy) is 1. The third kappa shape index (κ3) is 3.92. The molecule has 0 atom stereocenters. The highest BCUT2D eigenvalue weighted by Gasteiger charge is 2.28. The summed E-state index contributed by atoms with van der Waals surface area (Å²) < 4.78 is 6.10. The van der Waals surface area contributed by atoms with E-state index in [1.807, 2.05) is 20.8 Å². The smallest absolute Gasteiger partial charge is 0.410 e. The Morgan fingerprint density at radius 2 is 2.05 bits per heavy atom. The summed E-state index contributed by atoms with van der Waals surface area (Å²) in [6.07, 6.45) is 3.14. The van der Waals surface area contributed by atoms with Gasteiger partial charge in [-0.25, -0.2) is 4.79 Å². The fourth-order valence-corrected chi connectivity index (χ4v) is 2.29. The van der Waals surface area contributed by atoms with Gasteiger partial charge in [0.1, 0.15) is 10.2 Å². The Morgan fingerprint density at radius 3 is 2.53 bits per heavy atom. The summed E-state index contributed by atoms with van der Waals surface area (Å²) >= 11 is 3.29. The molecule has 2 rings (SSSR count). The number of hydrogen-bond donors (Lipinski definition) is 0. The van der Waals surface area contributed by atoms with Crippen molar-refractivity contribution in [1.29, 1.82) is 0 Å². The van der Waals surface area contributed by atoms with E-state index in [9.17, 15) is 4.79 Å². The first-order chi connectivity index (χ1) is 8.85. The Balaban J connectivity index is 1.87. The summed E-state index contributed by atoms with van der Waals surface area (Å²) in [5, 5.41) is 8.44. The molecule has 1 aromatic rings. The quantitative estimate of drug-likeness (QED) is 0.794. The standard InChI is InChI=1S/C12H19BrN4O2/c1-12(2,3)19-11(18)16-6-4-9(5-7-16)17-14-8-10(13)15-17/h8-9H,4-7H2,1-3H3. The van der Waals surface area contributed by atoms with Crippen LogP contribution < -0.4 is 0 Å². The maximum absolute atomic E-state index is 11.9. The van der Waals surface area contributed by atoms with Crippen LogP contribution in [0.25, 0.3) is 0 Å². The highest BCUT2D eigenvalue weighted by atomic mass is 79.9. The van der Waals surface area contributed by atoms with Gasteiger partial charge in [-0.05, 0) is 49.5 Å². The molecule has 2 heterocycles. The number of rotatable bonds is 1. The van der Waals surface area contributed by atoms with Crippen molar-refractivity contribution in [2.24, 2.45) is 0 Å². The van der Waals surface area contributed by atoms with Gasteiger partial charge in [0.15, 0.2) is 0 Å². The molecule has 0 spiro atoms. The summed E-state index contributed by atoms with van der Waals surface area (Å²) in [7, 11) is 0. The number of carbonyl (C=O) groups is 1. The van der Waals surface area contributed by atoms with Gasteiger partial charge in [-0.15, -0.1) is 5.10 Å². The first kappa shape index (κ1) is 14.3. The Bertz CT molecular complexity index is 447. The Labute approximate surface area is 121 Å². The van der Waals surface area contributed by atoms with Crippen LogP contribution in [0.1, 0.15) is 39.7 Å². The van der Waals surface area contributed by atoms with Crippen LogP contribution in [-0.2, 0) is 4.74 Å². The van der Waals surface area contributed by atoms with Crippen LogP contribution in [0.4, 0.5) is 4.79 Å². The number of piperidine rings is 1. The third-order valence-corrected chi connectivity index (χ3v) is 3.29. The molecule has 0 unspecified atom stereocenters. The van der Waals surface area contributed by atoms with E-state index < -0.39 is 5.60 Å². The fraction of sp³-hybridized carbons (Fsp3) is 0.750. The van der Waals surface area contributed by atoms with Crippen molar-refractivity contribution in [3.63, 3.8) is 0 Å². The first-order valence-electron chi connectivity index (χ1n) is 6.40. The summed E-state index contributed by atoms with van der Waals surface area (Å²) in [5.41, 5.74) is -0.442. The normalized spacial score (nSPS) is 17.6. The average Bonchev–Trinajstić information content (AvgIpc) is 2.74. The van der Waals surface area contributed by atoms with Crippen LogP contribution in [0.5, 0.6) is 0 Å². The number of hydrogen-bond acceptors (Lipinski definition) is 4. The lowest BCUT2D eigenvalue weighted by molar-refractivity contribution is 0.0180. The molecule has 0 bridgehead atoms. The molecule has 0 N–H and O–H groups in total. The lowest BCUT2D eigenvalue weighted by Gasteiger charge is -2.32. The average molecular weight is 331 g/mol. The predicted octanol–water partition coefficient (Wildman–Crippen LogP) is 2.61. The topological polar surface area (TPSA) is 60.2 Å². The Morgan fingerprint density at radius 1 is 1.42 bits per heavy atom. The van der Waals surface area contributed by atoms with Gasteiger partial charge >= 0.3 is 6.09 Å². The van der Waals surface area contributed by atoms with Crippen LogP contribution in [0, 0.1) is 0 Å². The molecule has 0 aliphatic carbocycles. The van der Waals surface area contributed by atoms with Gasteiger partial charge < -0.3 is 9.64 Å². The van der Waals surface area contributed by atoms with Crippen molar-refractivity contribution in [3.8, 4) is 0 Å². The maximum atomic E-state index is 11.9. The van der Waals surface area contributed by atoms with Crippen molar-refractivity contribution in [2.45, 2.75) is 45.3 Å². The summed E-state index contributed by atoms with van der Waals surface area (Å²) in [4.78, 5) is 15.4. The van der Waals surface area contributed by atoms with Crippen LogP contribution >= 0.6 is 15.9 Å². The second-order valence-electron chi connectivity index (χ2n) is 5.69. The molecular formula is C12H19BrN4O2. The molecule has 0 radical (unpaired) electrons. The number of likely N-dealkylation sites (tertiary alicyclic amines) is 1. The van der Waals surface area contributed by atoms with Gasteiger partial charge in [-0.1, -0.05) is 0 Å². The van der Waals surface area contributed by atoms with Crippen molar-refractivity contribution >= 4 is 22.0 Å². The maximum Gasteiger partial charge on any atom is 0.410 e. The van der Waals surface area contributed by atoms with Crippen LogP contribution in [0.2, 0.25) is 0 Å². The summed E-state index contributed by atoms with van der Waals surface area (Å²) in [6.45, 7) is 6.99. The lowest BCUT2D eigenvalue weighted by atomic mass is 10.1. The molecule has 1 fully saturated rings. The minimum Gasteiger partial charge on any atom is -0.444 e. The third-order valence-electron chi connectivity index (χ3n) is 2.92. The van der Waals surface area contributed by atoms with E-state index in [0.717, 1.165) is 17.4 Å². The zero-order chi connectivity index (χ0) is 14.0. The summed E-state index contributed by atoms with van der Waals surface area (Å²) in [5.74, 6) is 0. The second kappa shape index (κ2) is 5.48. The van der Waals surface area contributed by atoms with Gasteiger partial charge in [0.2, 0.25) is 0 Å². The SMILES string of the molecule is CC(C)(C)OC(=O)N1CCC(n2ncc(Br)n2)CC1. The second-order valence-corrected chi connectivity index (χ2v) is 6.50. The molecule has 1 aromatic heterocycles. The van der Waals surface area contributed by atoms with Crippen molar-refractivity contribution in [3.05, 3.63) is 10.8 Å². The molecule has 0 aromatic carbocycles. The molecule has 1 aliphatic rings. The molecule has 7 heteroatoms. The minimum absolute atomic E-state index is 0.236. The van der Waals surface area contributed by atoms with Crippen molar-refractivity contribution < 1.29 is 9.53 Å². The van der Waals surface area contributed by atoms with Crippen molar-refractivity contribution in [1.82, 2.24) is 19.9 Å². The van der Waals surface area contributed by atoms with E-state index in [-0.39, 0.29) is 12.1 Å². The largest absolute Gasteiger partial charge is 0.444 e. The van der Waals surface area contributed by atoms with Crippen LogP contribution in [-0.4, -0.2) is 44.7 Å². The Kier molecular flexibility index (Phi) is 4.13. The Hall–Kier alpha value is -1.11. The number of aromatic nitrogens is 3. The number of nitrogens with zero attached hydrogens (tertiary/aromatic N) is 4. The van der Waals surface area contributed by atoms with E-state index in [2.05, 4.69) is 26.1 Å². The van der Waals surface area contributed by atoms with Gasteiger partial charge in [-0.3, -0.25) is 0 Å². The van der Waals surface area contributed by atoms with Gasteiger partial charge in [0.25, 0.3) is 0 Å². The molecule has 0 saturated carbocycles. The van der Waals surface area contributed by atoms with E-state index >= 15 is 0 Å². The van der Waals surface area contributed by atoms with E-state index in [4.69, 9.17) is 4.74 Å². The molecule has 19 heavy (non-hydrogen) atoms. The highest BCUT2D eigenvalue weighted by molar-refractivity contribution is 9.10. The monoisotopic (exact) mass is 330 g/mol. The molecule has 6 nitrogen and oxygen atoms in total. The van der Waals surface area contributed by atoms with Gasteiger partial charge in [0.05, 0.1) is 12.2 Å². The molecule has 1 aliphatic heterocycles. The number of halogens is 1. The minimum atomic E-state index is -0.442. The first-order valence-corrected chi connectivity index (χ1v) is 7.20. The fourth-order valence-electron chi connectivity index (χ4n) is 2.04. The molecular weight excluding hydrogens is 312 g/mol. The van der Waals surface area contributed by atoms with E-state index in [1.165, 1.54) is 0 Å². The van der Waals surface area contributed by atoms with Crippen LogP contribution in [0.15, 0.2) is 10.8 Å². The van der Waals surface area contributed by atoms with Gasteiger partial charge in [0, 0.05) is 13.1 Å².